The second-order valence-corrected chi connectivity index (χ2v) is 6.27. The van der Waals surface area contributed by atoms with Crippen molar-refractivity contribution in [2.45, 2.75) is 26.2 Å². The molecule has 0 aliphatic carbocycles. The van der Waals surface area contributed by atoms with Crippen LogP contribution in [0.4, 0.5) is 5.69 Å². The first-order chi connectivity index (χ1) is 11.2. The van der Waals surface area contributed by atoms with Crippen molar-refractivity contribution in [2.75, 3.05) is 5.32 Å². The summed E-state index contributed by atoms with van der Waals surface area (Å²) in [5.41, 5.74) is 2.64. The first-order valence-corrected chi connectivity index (χ1v) is 8.26. The van der Waals surface area contributed by atoms with Crippen molar-refractivity contribution in [2.24, 2.45) is 0 Å². The summed E-state index contributed by atoms with van der Waals surface area (Å²) in [7, 11) is 0. The van der Waals surface area contributed by atoms with Gasteiger partial charge in [-0.1, -0.05) is 12.1 Å². The molecule has 2 heterocycles. The fourth-order valence-corrected chi connectivity index (χ4v) is 3.06. The van der Waals surface area contributed by atoms with Gasteiger partial charge < -0.3 is 5.32 Å². The van der Waals surface area contributed by atoms with Crippen LogP contribution in [0.15, 0.2) is 42.0 Å². The minimum Gasteiger partial charge on any atom is -0.326 e. The van der Waals surface area contributed by atoms with E-state index in [1.165, 1.54) is 11.2 Å². The highest BCUT2D eigenvalue weighted by atomic mass is 32.1. The van der Waals surface area contributed by atoms with Gasteiger partial charge in [-0.15, -0.1) is 16.4 Å². The fourth-order valence-electron chi connectivity index (χ4n) is 2.31. The number of nitrogens with one attached hydrogen (secondary N) is 1. The number of amides is 1. The number of carbonyl (C=O) groups is 1. The molecular weight excluding hydrogens is 310 g/mol. The molecule has 1 amide bonds. The quantitative estimate of drug-likeness (QED) is 0.755. The molecule has 0 bridgehead atoms. The molecule has 0 fully saturated rings. The maximum absolute atomic E-state index is 12.1. The lowest BCUT2D eigenvalue weighted by molar-refractivity contribution is -0.116. The number of anilines is 1. The van der Waals surface area contributed by atoms with Crippen LogP contribution in [-0.4, -0.2) is 26.1 Å². The average molecular weight is 327 g/mol. The van der Waals surface area contributed by atoms with Gasteiger partial charge in [0.15, 0.2) is 0 Å². The molecule has 23 heavy (non-hydrogen) atoms. The third kappa shape index (κ3) is 4.01. The Morgan fingerprint density at radius 1 is 1.35 bits per heavy atom. The number of hydrogen-bond donors (Lipinski definition) is 1. The summed E-state index contributed by atoms with van der Waals surface area (Å²) in [6, 6.07) is 9.84. The van der Waals surface area contributed by atoms with Gasteiger partial charge in [0.05, 0.1) is 5.69 Å². The van der Waals surface area contributed by atoms with Crippen molar-refractivity contribution in [1.82, 2.24) is 20.2 Å². The number of carbonyl (C=O) groups excluding carboxylic acids is 1. The summed E-state index contributed by atoms with van der Waals surface area (Å²) >= 11 is 1.73. The average Bonchev–Trinajstić information content (AvgIpc) is 3.22. The SMILES string of the molecule is Cc1ccc(NC(=O)CCCc2cccs2)cc1-n1cnnn1. The van der Waals surface area contributed by atoms with Crippen LogP contribution in [-0.2, 0) is 11.2 Å². The fraction of sp³-hybridized carbons (Fsp3) is 0.250. The van der Waals surface area contributed by atoms with E-state index in [1.54, 1.807) is 16.0 Å². The Hall–Kier alpha value is -2.54. The zero-order chi connectivity index (χ0) is 16.1. The summed E-state index contributed by atoms with van der Waals surface area (Å²) < 4.78 is 1.59. The van der Waals surface area contributed by atoms with E-state index in [0.29, 0.717) is 6.42 Å². The van der Waals surface area contributed by atoms with E-state index < -0.39 is 0 Å². The summed E-state index contributed by atoms with van der Waals surface area (Å²) in [5, 5.41) is 16.2. The van der Waals surface area contributed by atoms with Crippen LogP contribution in [0.2, 0.25) is 0 Å². The van der Waals surface area contributed by atoms with Gasteiger partial charge in [0.2, 0.25) is 5.91 Å². The normalized spacial score (nSPS) is 10.7. The van der Waals surface area contributed by atoms with Crippen molar-refractivity contribution in [3.8, 4) is 5.69 Å². The molecule has 6 nitrogen and oxygen atoms in total. The van der Waals surface area contributed by atoms with E-state index in [4.69, 9.17) is 0 Å². The van der Waals surface area contributed by atoms with Crippen LogP contribution in [0, 0.1) is 6.92 Å². The van der Waals surface area contributed by atoms with E-state index >= 15 is 0 Å². The molecule has 1 N–H and O–H groups in total. The van der Waals surface area contributed by atoms with E-state index in [2.05, 4.69) is 32.3 Å². The first kappa shape index (κ1) is 15.4. The van der Waals surface area contributed by atoms with Gasteiger partial charge in [0.25, 0.3) is 0 Å². The molecule has 2 aromatic heterocycles. The Bertz CT molecular complexity index is 768. The van der Waals surface area contributed by atoms with Gasteiger partial charge in [-0.2, -0.15) is 0 Å². The number of tetrazole rings is 1. The van der Waals surface area contributed by atoms with Crippen molar-refractivity contribution in [3.05, 3.63) is 52.5 Å². The predicted octanol–water partition coefficient (Wildman–Crippen LogP) is 2.99. The third-order valence-electron chi connectivity index (χ3n) is 3.50. The second-order valence-electron chi connectivity index (χ2n) is 5.24. The van der Waals surface area contributed by atoms with E-state index in [-0.39, 0.29) is 5.91 Å². The van der Waals surface area contributed by atoms with Crippen LogP contribution in [0.3, 0.4) is 0 Å². The summed E-state index contributed by atoms with van der Waals surface area (Å²) in [4.78, 5) is 13.4. The van der Waals surface area contributed by atoms with Crippen molar-refractivity contribution >= 4 is 22.9 Å². The van der Waals surface area contributed by atoms with Crippen molar-refractivity contribution in [3.63, 3.8) is 0 Å². The molecule has 0 radical (unpaired) electrons. The highest BCUT2D eigenvalue weighted by Crippen LogP contribution is 2.19. The highest BCUT2D eigenvalue weighted by Gasteiger charge is 2.07. The van der Waals surface area contributed by atoms with Crippen molar-refractivity contribution in [1.29, 1.82) is 0 Å². The van der Waals surface area contributed by atoms with Gasteiger partial charge in [0.1, 0.15) is 6.33 Å². The molecule has 0 saturated heterocycles. The predicted molar refractivity (Wildman–Crippen MR) is 89.8 cm³/mol. The van der Waals surface area contributed by atoms with Crippen LogP contribution in [0.5, 0.6) is 0 Å². The van der Waals surface area contributed by atoms with E-state index in [0.717, 1.165) is 29.8 Å². The van der Waals surface area contributed by atoms with Gasteiger partial charge in [-0.05, 0) is 59.3 Å². The van der Waals surface area contributed by atoms with Gasteiger partial charge in [0, 0.05) is 17.0 Å². The maximum atomic E-state index is 12.1. The standard InChI is InChI=1S/C16H17N5OS/c1-12-7-8-13(10-15(12)21-11-17-19-20-21)18-16(22)6-2-4-14-5-3-9-23-14/h3,5,7-11H,2,4,6H2,1H3,(H,18,22). The summed E-state index contributed by atoms with van der Waals surface area (Å²) in [6.07, 6.45) is 3.83. The maximum Gasteiger partial charge on any atom is 0.224 e. The van der Waals surface area contributed by atoms with Crippen LogP contribution in [0.1, 0.15) is 23.3 Å². The Morgan fingerprint density at radius 3 is 3.00 bits per heavy atom. The number of benzene rings is 1. The number of aromatic nitrogens is 4. The molecule has 3 aromatic rings. The number of aryl methyl sites for hydroxylation is 2. The molecule has 3 rings (SSSR count). The van der Waals surface area contributed by atoms with E-state index in [1.807, 2.05) is 31.2 Å². The number of nitrogens with zero attached hydrogens (tertiary/aromatic N) is 4. The zero-order valence-electron chi connectivity index (χ0n) is 12.8. The van der Waals surface area contributed by atoms with E-state index in [9.17, 15) is 4.79 Å². The Morgan fingerprint density at radius 2 is 2.26 bits per heavy atom. The van der Waals surface area contributed by atoms with Crippen LogP contribution in [0.25, 0.3) is 5.69 Å². The lowest BCUT2D eigenvalue weighted by Gasteiger charge is -2.09. The van der Waals surface area contributed by atoms with Gasteiger partial charge in [-0.3, -0.25) is 4.79 Å². The summed E-state index contributed by atoms with van der Waals surface area (Å²) in [6.45, 7) is 1.98. The van der Waals surface area contributed by atoms with Gasteiger partial charge in [-0.25, -0.2) is 4.68 Å². The lowest BCUT2D eigenvalue weighted by Crippen LogP contribution is -2.12. The smallest absolute Gasteiger partial charge is 0.224 e. The lowest BCUT2D eigenvalue weighted by atomic mass is 10.1. The second kappa shape index (κ2) is 7.15. The molecule has 118 valence electrons. The molecule has 0 saturated carbocycles. The molecular formula is C16H17N5OS. The number of rotatable bonds is 6. The number of hydrogen-bond acceptors (Lipinski definition) is 5. The van der Waals surface area contributed by atoms with Crippen LogP contribution >= 0.6 is 11.3 Å². The minimum absolute atomic E-state index is 0.0214. The topological polar surface area (TPSA) is 72.7 Å². The summed E-state index contributed by atoms with van der Waals surface area (Å²) in [5.74, 6) is 0.0214. The third-order valence-corrected chi connectivity index (χ3v) is 4.43. The Balaban J connectivity index is 1.59. The number of thiophene rings is 1. The highest BCUT2D eigenvalue weighted by molar-refractivity contribution is 7.09. The van der Waals surface area contributed by atoms with Crippen LogP contribution < -0.4 is 5.32 Å². The Kier molecular flexibility index (Phi) is 4.77. The Labute approximate surface area is 138 Å². The molecule has 0 atom stereocenters. The molecule has 0 unspecified atom stereocenters. The molecule has 0 spiro atoms. The molecule has 1 aromatic carbocycles. The largest absolute Gasteiger partial charge is 0.326 e. The molecule has 0 aliphatic heterocycles. The first-order valence-electron chi connectivity index (χ1n) is 7.38. The monoisotopic (exact) mass is 327 g/mol. The minimum atomic E-state index is 0.0214. The van der Waals surface area contributed by atoms with Crippen molar-refractivity contribution < 1.29 is 4.79 Å². The molecule has 7 heteroatoms. The molecule has 0 aliphatic rings. The zero-order valence-corrected chi connectivity index (χ0v) is 13.6. The van der Waals surface area contributed by atoms with Gasteiger partial charge >= 0.3 is 0 Å².